The normalized spacial score (nSPS) is 13.3. The Morgan fingerprint density at radius 3 is 2.81 bits per heavy atom. The molecular weight excluding hydrogens is 288 g/mol. The lowest BCUT2D eigenvalue weighted by Gasteiger charge is -2.11. The SMILES string of the molecule is CCC(N)c1cccc(S(=O)(=O)NCc2cnn(C)c2)c1. The number of sulfonamides is 1. The highest BCUT2D eigenvalue weighted by molar-refractivity contribution is 7.89. The number of hydrogen-bond donors (Lipinski definition) is 2. The number of benzene rings is 1. The molecule has 0 bridgehead atoms. The topological polar surface area (TPSA) is 90.0 Å². The van der Waals surface area contributed by atoms with Gasteiger partial charge in [-0.25, -0.2) is 13.1 Å². The van der Waals surface area contributed by atoms with Crippen LogP contribution in [0.4, 0.5) is 0 Å². The zero-order chi connectivity index (χ0) is 15.5. The molecule has 0 fully saturated rings. The maximum atomic E-state index is 12.3. The Bertz CT molecular complexity index is 709. The summed E-state index contributed by atoms with van der Waals surface area (Å²) in [6.07, 6.45) is 4.16. The standard InChI is InChI=1S/C14H20N4O2S/c1-3-14(15)12-5-4-6-13(7-12)21(19,20)17-9-11-8-16-18(2)10-11/h4-8,10,14,17H,3,9,15H2,1-2H3. The van der Waals surface area contributed by atoms with Crippen LogP contribution in [-0.2, 0) is 23.6 Å². The van der Waals surface area contributed by atoms with Crippen molar-refractivity contribution in [3.8, 4) is 0 Å². The van der Waals surface area contributed by atoms with E-state index in [4.69, 9.17) is 5.73 Å². The Kier molecular flexibility index (Phi) is 4.76. The molecule has 1 heterocycles. The summed E-state index contributed by atoms with van der Waals surface area (Å²) in [4.78, 5) is 0.229. The molecule has 114 valence electrons. The summed E-state index contributed by atoms with van der Waals surface area (Å²) in [5.41, 5.74) is 7.58. The van der Waals surface area contributed by atoms with Crippen molar-refractivity contribution in [3.05, 3.63) is 47.8 Å². The van der Waals surface area contributed by atoms with E-state index in [-0.39, 0.29) is 17.5 Å². The molecule has 1 unspecified atom stereocenters. The van der Waals surface area contributed by atoms with E-state index in [1.54, 1.807) is 42.3 Å². The average Bonchev–Trinajstić information content (AvgIpc) is 2.90. The molecule has 0 aliphatic rings. The summed E-state index contributed by atoms with van der Waals surface area (Å²) >= 11 is 0. The van der Waals surface area contributed by atoms with Gasteiger partial charge >= 0.3 is 0 Å². The van der Waals surface area contributed by atoms with Crippen molar-refractivity contribution in [3.63, 3.8) is 0 Å². The second kappa shape index (κ2) is 6.38. The van der Waals surface area contributed by atoms with Gasteiger partial charge in [-0.2, -0.15) is 5.10 Å². The van der Waals surface area contributed by atoms with Crippen molar-refractivity contribution in [2.75, 3.05) is 0 Å². The molecule has 21 heavy (non-hydrogen) atoms. The molecule has 2 aromatic rings. The minimum absolute atomic E-state index is 0.154. The first-order chi connectivity index (χ1) is 9.92. The van der Waals surface area contributed by atoms with Gasteiger partial charge in [0.05, 0.1) is 11.1 Å². The van der Waals surface area contributed by atoms with Crippen LogP contribution in [0.2, 0.25) is 0 Å². The molecule has 0 saturated carbocycles. The molecule has 1 aromatic heterocycles. The van der Waals surface area contributed by atoms with Gasteiger partial charge < -0.3 is 5.73 Å². The third-order valence-electron chi connectivity index (χ3n) is 3.26. The Hall–Kier alpha value is -1.70. The third-order valence-corrected chi connectivity index (χ3v) is 4.66. The monoisotopic (exact) mass is 308 g/mol. The first kappa shape index (κ1) is 15.7. The fourth-order valence-corrected chi connectivity index (χ4v) is 3.05. The minimum atomic E-state index is -3.56. The number of aromatic nitrogens is 2. The number of aryl methyl sites for hydroxylation is 1. The summed E-state index contributed by atoms with van der Waals surface area (Å²) in [6, 6.07) is 6.59. The van der Waals surface area contributed by atoms with E-state index >= 15 is 0 Å². The Morgan fingerprint density at radius 1 is 1.43 bits per heavy atom. The molecule has 0 spiro atoms. The number of hydrogen-bond acceptors (Lipinski definition) is 4. The van der Waals surface area contributed by atoms with Crippen molar-refractivity contribution in [1.82, 2.24) is 14.5 Å². The fraction of sp³-hybridized carbons (Fsp3) is 0.357. The zero-order valence-electron chi connectivity index (χ0n) is 12.2. The second-order valence-electron chi connectivity index (χ2n) is 4.93. The lowest BCUT2D eigenvalue weighted by molar-refractivity contribution is 0.580. The Labute approximate surface area is 125 Å². The van der Waals surface area contributed by atoms with Crippen LogP contribution in [0.1, 0.15) is 30.5 Å². The predicted molar refractivity (Wildman–Crippen MR) is 80.9 cm³/mol. The number of nitrogens with zero attached hydrogens (tertiary/aromatic N) is 2. The Balaban J connectivity index is 2.15. The van der Waals surface area contributed by atoms with Crippen molar-refractivity contribution < 1.29 is 8.42 Å². The van der Waals surface area contributed by atoms with E-state index < -0.39 is 10.0 Å². The number of nitrogens with one attached hydrogen (secondary N) is 1. The maximum Gasteiger partial charge on any atom is 0.240 e. The first-order valence-corrected chi connectivity index (χ1v) is 8.23. The van der Waals surface area contributed by atoms with Crippen molar-refractivity contribution in [2.24, 2.45) is 12.8 Å². The van der Waals surface area contributed by atoms with Gasteiger partial charge in [0.2, 0.25) is 10.0 Å². The van der Waals surface area contributed by atoms with Crippen molar-refractivity contribution in [2.45, 2.75) is 30.8 Å². The second-order valence-corrected chi connectivity index (χ2v) is 6.70. The van der Waals surface area contributed by atoms with Gasteiger partial charge in [0.15, 0.2) is 0 Å². The smallest absolute Gasteiger partial charge is 0.240 e. The summed E-state index contributed by atoms with van der Waals surface area (Å²) < 4.78 is 28.8. The van der Waals surface area contributed by atoms with E-state index in [9.17, 15) is 8.42 Å². The van der Waals surface area contributed by atoms with Crippen LogP contribution in [-0.4, -0.2) is 18.2 Å². The van der Waals surface area contributed by atoms with Gasteiger partial charge in [0.1, 0.15) is 0 Å². The quantitative estimate of drug-likeness (QED) is 0.842. The van der Waals surface area contributed by atoms with E-state index in [1.165, 1.54) is 0 Å². The summed E-state index contributed by atoms with van der Waals surface area (Å²) in [5, 5.41) is 4.00. The fourth-order valence-electron chi connectivity index (χ4n) is 1.97. The molecule has 2 rings (SSSR count). The van der Waals surface area contributed by atoms with Gasteiger partial charge in [-0.15, -0.1) is 0 Å². The molecule has 6 nitrogen and oxygen atoms in total. The first-order valence-electron chi connectivity index (χ1n) is 6.75. The predicted octanol–water partition coefficient (Wildman–Crippen LogP) is 1.31. The van der Waals surface area contributed by atoms with Crippen LogP contribution < -0.4 is 10.5 Å². The molecule has 0 saturated heterocycles. The lowest BCUT2D eigenvalue weighted by atomic mass is 10.1. The summed E-state index contributed by atoms with van der Waals surface area (Å²) in [5.74, 6) is 0. The van der Waals surface area contributed by atoms with Crippen LogP contribution in [0.5, 0.6) is 0 Å². The minimum Gasteiger partial charge on any atom is -0.324 e. The highest BCUT2D eigenvalue weighted by atomic mass is 32.2. The van der Waals surface area contributed by atoms with E-state index in [0.29, 0.717) is 0 Å². The van der Waals surface area contributed by atoms with E-state index in [1.807, 2.05) is 13.0 Å². The van der Waals surface area contributed by atoms with E-state index in [2.05, 4.69) is 9.82 Å². The van der Waals surface area contributed by atoms with Gasteiger partial charge in [-0.3, -0.25) is 4.68 Å². The number of rotatable bonds is 6. The molecule has 0 amide bonds. The van der Waals surface area contributed by atoms with E-state index in [0.717, 1.165) is 17.5 Å². The van der Waals surface area contributed by atoms with Gasteiger partial charge in [-0.1, -0.05) is 19.1 Å². The lowest BCUT2D eigenvalue weighted by Crippen LogP contribution is -2.23. The molecule has 7 heteroatoms. The molecule has 0 radical (unpaired) electrons. The van der Waals surface area contributed by atoms with Gasteiger partial charge in [-0.05, 0) is 24.1 Å². The highest BCUT2D eigenvalue weighted by Gasteiger charge is 2.15. The molecule has 0 aliphatic heterocycles. The molecule has 0 aliphatic carbocycles. The maximum absolute atomic E-state index is 12.3. The third kappa shape index (κ3) is 3.90. The highest BCUT2D eigenvalue weighted by Crippen LogP contribution is 2.18. The van der Waals surface area contributed by atoms with Crippen LogP contribution in [0, 0.1) is 0 Å². The van der Waals surface area contributed by atoms with Crippen molar-refractivity contribution in [1.29, 1.82) is 0 Å². The summed E-state index contributed by atoms with van der Waals surface area (Å²) in [6.45, 7) is 2.17. The molecular formula is C14H20N4O2S. The van der Waals surface area contributed by atoms with Crippen LogP contribution >= 0.6 is 0 Å². The largest absolute Gasteiger partial charge is 0.324 e. The molecule has 1 atom stereocenters. The molecule has 3 N–H and O–H groups in total. The van der Waals surface area contributed by atoms with Crippen LogP contribution in [0.25, 0.3) is 0 Å². The average molecular weight is 308 g/mol. The van der Waals surface area contributed by atoms with Crippen molar-refractivity contribution >= 4 is 10.0 Å². The zero-order valence-corrected chi connectivity index (χ0v) is 13.0. The summed E-state index contributed by atoms with van der Waals surface area (Å²) in [7, 11) is -1.77. The molecule has 1 aromatic carbocycles. The van der Waals surface area contributed by atoms with Crippen LogP contribution in [0.3, 0.4) is 0 Å². The van der Waals surface area contributed by atoms with Gasteiger partial charge in [0.25, 0.3) is 0 Å². The van der Waals surface area contributed by atoms with Crippen LogP contribution in [0.15, 0.2) is 41.6 Å². The number of nitrogens with two attached hydrogens (primary N) is 1. The van der Waals surface area contributed by atoms with Gasteiger partial charge in [0, 0.05) is 31.4 Å². The Morgan fingerprint density at radius 2 is 2.19 bits per heavy atom.